The first kappa shape index (κ1) is 11.7. The maximum absolute atomic E-state index is 11.4. The molecule has 2 atom stereocenters. The highest BCUT2D eigenvalue weighted by molar-refractivity contribution is 7.99. The average Bonchev–Trinajstić information content (AvgIpc) is 2.50. The van der Waals surface area contributed by atoms with Gasteiger partial charge in [0, 0.05) is 17.3 Å². The van der Waals surface area contributed by atoms with Gasteiger partial charge in [0.05, 0.1) is 0 Å². The van der Waals surface area contributed by atoms with Crippen LogP contribution in [0.5, 0.6) is 0 Å². The summed E-state index contributed by atoms with van der Waals surface area (Å²) in [6.07, 6.45) is 5.70. The number of carbonyl (C=O) groups excluding carboxylic acids is 1. The van der Waals surface area contributed by atoms with Gasteiger partial charge in [-0.05, 0) is 32.9 Å². The standard InChI is InChI=1S/C10H20N2OS/c1-7(2)11-10(13)12-8-5-4-6-9(8)14-3/h7-9H,4-6H2,1-3H3,(H2,11,12,13). The van der Waals surface area contributed by atoms with Crippen molar-refractivity contribution in [1.82, 2.24) is 10.6 Å². The molecule has 82 valence electrons. The molecule has 4 heteroatoms. The van der Waals surface area contributed by atoms with Crippen LogP contribution in [0, 0.1) is 0 Å². The molecule has 2 unspecified atom stereocenters. The number of carbonyl (C=O) groups is 1. The molecule has 2 amide bonds. The van der Waals surface area contributed by atoms with Crippen LogP contribution in [0.1, 0.15) is 33.1 Å². The van der Waals surface area contributed by atoms with Crippen molar-refractivity contribution >= 4 is 17.8 Å². The third kappa shape index (κ3) is 3.40. The molecule has 0 aromatic heterocycles. The summed E-state index contributed by atoms with van der Waals surface area (Å²) in [7, 11) is 0. The maximum atomic E-state index is 11.4. The van der Waals surface area contributed by atoms with E-state index in [1.165, 1.54) is 12.8 Å². The van der Waals surface area contributed by atoms with Gasteiger partial charge in [-0.3, -0.25) is 0 Å². The Hall–Kier alpha value is -0.380. The molecule has 0 heterocycles. The summed E-state index contributed by atoms with van der Waals surface area (Å²) < 4.78 is 0. The van der Waals surface area contributed by atoms with E-state index in [1.807, 2.05) is 25.6 Å². The minimum atomic E-state index is -0.0223. The van der Waals surface area contributed by atoms with Crippen LogP contribution >= 0.6 is 11.8 Å². The second-order valence-electron chi connectivity index (χ2n) is 4.08. The van der Waals surface area contributed by atoms with Crippen LogP contribution < -0.4 is 10.6 Å². The van der Waals surface area contributed by atoms with E-state index in [9.17, 15) is 4.79 Å². The summed E-state index contributed by atoms with van der Waals surface area (Å²) >= 11 is 1.86. The lowest BCUT2D eigenvalue weighted by Gasteiger charge is -2.20. The van der Waals surface area contributed by atoms with Crippen molar-refractivity contribution in [2.75, 3.05) is 6.26 Å². The molecule has 1 fully saturated rings. The Kier molecular flexibility index (Phi) is 4.58. The van der Waals surface area contributed by atoms with Gasteiger partial charge in [0.1, 0.15) is 0 Å². The monoisotopic (exact) mass is 216 g/mol. The fraction of sp³-hybridized carbons (Fsp3) is 0.900. The molecule has 0 aromatic rings. The van der Waals surface area contributed by atoms with Crippen molar-refractivity contribution in [3.05, 3.63) is 0 Å². The number of thioether (sulfide) groups is 1. The minimum Gasteiger partial charge on any atom is -0.336 e. The van der Waals surface area contributed by atoms with Gasteiger partial charge >= 0.3 is 6.03 Å². The number of hydrogen-bond donors (Lipinski definition) is 2. The summed E-state index contributed by atoms with van der Waals surface area (Å²) in [6, 6.07) is 0.554. The number of amides is 2. The van der Waals surface area contributed by atoms with Crippen LogP contribution in [-0.4, -0.2) is 29.6 Å². The normalized spacial score (nSPS) is 26.6. The summed E-state index contributed by atoms with van der Waals surface area (Å²) in [4.78, 5) is 11.4. The first-order chi connectivity index (χ1) is 6.63. The predicted octanol–water partition coefficient (Wildman–Crippen LogP) is 1.98. The number of nitrogens with one attached hydrogen (secondary N) is 2. The van der Waals surface area contributed by atoms with E-state index in [1.54, 1.807) is 0 Å². The van der Waals surface area contributed by atoms with Gasteiger partial charge in [-0.15, -0.1) is 0 Å². The third-order valence-corrected chi connectivity index (χ3v) is 3.66. The summed E-state index contributed by atoms with van der Waals surface area (Å²) in [5.74, 6) is 0. The van der Waals surface area contributed by atoms with Crippen LogP contribution in [0.2, 0.25) is 0 Å². The molecular formula is C10H20N2OS. The Morgan fingerprint density at radius 3 is 2.71 bits per heavy atom. The fourth-order valence-electron chi connectivity index (χ4n) is 1.85. The summed E-state index contributed by atoms with van der Waals surface area (Å²) in [5.41, 5.74) is 0. The molecule has 0 bridgehead atoms. The Labute approximate surface area is 90.4 Å². The zero-order chi connectivity index (χ0) is 10.6. The molecule has 14 heavy (non-hydrogen) atoms. The zero-order valence-corrected chi connectivity index (χ0v) is 9.99. The molecule has 0 spiro atoms. The molecule has 0 saturated heterocycles. The Morgan fingerprint density at radius 1 is 1.43 bits per heavy atom. The highest BCUT2D eigenvalue weighted by Crippen LogP contribution is 2.28. The molecule has 0 aromatic carbocycles. The van der Waals surface area contributed by atoms with Crippen molar-refractivity contribution < 1.29 is 4.79 Å². The first-order valence-corrected chi connectivity index (χ1v) is 6.52. The molecule has 1 rings (SSSR count). The summed E-state index contributed by atoms with van der Waals surface area (Å²) in [5, 5.41) is 6.50. The number of rotatable bonds is 3. The highest BCUT2D eigenvalue weighted by Gasteiger charge is 2.27. The van der Waals surface area contributed by atoms with E-state index in [0.717, 1.165) is 6.42 Å². The second-order valence-corrected chi connectivity index (χ2v) is 5.16. The first-order valence-electron chi connectivity index (χ1n) is 5.23. The Bertz CT molecular complexity index is 197. The van der Waals surface area contributed by atoms with Gasteiger partial charge in [-0.1, -0.05) is 6.42 Å². The van der Waals surface area contributed by atoms with Gasteiger partial charge in [0.2, 0.25) is 0 Å². The van der Waals surface area contributed by atoms with Crippen LogP contribution in [0.15, 0.2) is 0 Å². The average molecular weight is 216 g/mol. The molecule has 0 radical (unpaired) electrons. The molecule has 1 aliphatic rings. The Morgan fingerprint density at radius 2 is 2.14 bits per heavy atom. The van der Waals surface area contributed by atoms with E-state index in [2.05, 4.69) is 16.9 Å². The number of hydrogen-bond acceptors (Lipinski definition) is 2. The Balaban J connectivity index is 2.32. The second kappa shape index (κ2) is 5.49. The van der Waals surface area contributed by atoms with E-state index in [0.29, 0.717) is 11.3 Å². The van der Waals surface area contributed by atoms with E-state index in [-0.39, 0.29) is 12.1 Å². The SMILES string of the molecule is CSC1CCCC1NC(=O)NC(C)C. The van der Waals surface area contributed by atoms with E-state index < -0.39 is 0 Å². The molecule has 2 N–H and O–H groups in total. The molecule has 3 nitrogen and oxygen atoms in total. The van der Waals surface area contributed by atoms with E-state index >= 15 is 0 Å². The fourth-order valence-corrected chi connectivity index (χ4v) is 2.78. The van der Waals surface area contributed by atoms with Gasteiger partial charge < -0.3 is 10.6 Å². The lowest BCUT2D eigenvalue weighted by molar-refractivity contribution is 0.235. The van der Waals surface area contributed by atoms with Crippen LogP contribution in [0.3, 0.4) is 0 Å². The van der Waals surface area contributed by atoms with Crippen molar-refractivity contribution in [3.63, 3.8) is 0 Å². The van der Waals surface area contributed by atoms with Gasteiger partial charge in [0.25, 0.3) is 0 Å². The smallest absolute Gasteiger partial charge is 0.315 e. The van der Waals surface area contributed by atoms with E-state index in [4.69, 9.17) is 0 Å². The molecule has 1 aliphatic carbocycles. The topological polar surface area (TPSA) is 41.1 Å². The summed E-state index contributed by atoms with van der Waals surface area (Å²) in [6.45, 7) is 3.95. The minimum absolute atomic E-state index is 0.0223. The van der Waals surface area contributed by atoms with Gasteiger partial charge in [-0.2, -0.15) is 11.8 Å². The lowest BCUT2D eigenvalue weighted by atomic mass is 10.2. The predicted molar refractivity (Wildman–Crippen MR) is 61.7 cm³/mol. The van der Waals surface area contributed by atoms with Crippen molar-refractivity contribution in [2.45, 2.75) is 50.4 Å². The van der Waals surface area contributed by atoms with Crippen LogP contribution in [-0.2, 0) is 0 Å². The lowest BCUT2D eigenvalue weighted by Crippen LogP contribution is -2.46. The highest BCUT2D eigenvalue weighted by atomic mass is 32.2. The molecule has 0 aliphatic heterocycles. The van der Waals surface area contributed by atoms with Crippen molar-refractivity contribution in [2.24, 2.45) is 0 Å². The van der Waals surface area contributed by atoms with Crippen molar-refractivity contribution in [3.8, 4) is 0 Å². The van der Waals surface area contributed by atoms with Gasteiger partial charge in [0.15, 0.2) is 0 Å². The van der Waals surface area contributed by atoms with Gasteiger partial charge in [-0.25, -0.2) is 4.79 Å². The molecule has 1 saturated carbocycles. The molecular weight excluding hydrogens is 196 g/mol. The maximum Gasteiger partial charge on any atom is 0.315 e. The third-order valence-electron chi connectivity index (χ3n) is 2.49. The largest absolute Gasteiger partial charge is 0.336 e. The van der Waals surface area contributed by atoms with Crippen LogP contribution in [0.25, 0.3) is 0 Å². The number of urea groups is 1. The quantitative estimate of drug-likeness (QED) is 0.757. The van der Waals surface area contributed by atoms with Crippen molar-refractivity contribution in [1.29, 1.82) is 0 Å². The zero-order valence-electron chi connectivity index (χ0n) is 9.17. The van der Waals surface area contributed by atoms with Crippen LogP contribution in [0.4, 0.5) is 4.79 Å².